The molecule has 2 unspecified atom stereocenters. The Balaban J connectivity index is 2.22. The highest BCUT2D eigenvalue weighted by Gasteiger charge is 2.25. The van der Waals surface area contributed by atoms with Crippen molar-refractivity contribution in [3.63, 3.8) is 0 Å². The van der Waals surface area contributed by atoms with Gasteiger partial charge in [0.1, 0.15) is 0 Å². The molecule has 0 radical (unpaired) electrons. The van der Waals surface area contributed by atoms with Gasteiger partial charge in [0.05, 0.1) is 11.7 Å². The molecule has 2 atom stereocenters. The van der Waals surface area contributed by atoms with Crippen LogP contribution in [0.3, 0.4) is 0 Å². The highest BCUT2D eigenvalue weighted by molar-refractivity contribution is 5.08. The Labute approximate surface area is 105 Å². The van der Waals surface area contributed by atoms with E-state index in [1.807, 2.05) is 0 Å². The zero-order valence-electron chi connectivity index (χ0n) is 11.4. The molecule has 0 aromatic carbocycles. The van der Waals surface area contributed by atoms with Gasteiger partial charge in [-0.3, -0.25) is 4.68 Å². The topological polar surface area (TPSA) is 29.9 Å². The van der Waals surface area contributed by atoms with E-state index >= 15 is 0 Å². The van der Waals surface area contributed by atoms with Crippen molar-refractivity contribution in [2.75, 3.05) is 6.54 Å². The second-order valence-corrected chi connectivity index (χ2v) is 5.24. The second kappa shape index (κ2) is 5.67. The van der Waals surface area contributed by atoms with E-state index in [1.54, 1.807) is 0 Å². The van der Waals surface area contributed by atoms with Crippen LogP contribution >= 0.6 is 0 Å². The molecule has 0 bridgehead atoms. The molecule has 1 aliphatic carbocycles. The third-order valence-electron chi connectivity index (χ3n) is 3.80. The van der Waals surface area contributed by atoms with Gasteiger partial charge in [0.2, 0.25) is 0 Å². The molecule has 1 aromatic rings. The van der Waals surface area contributed by atoms with Crippen molar-refractivity contribution in [1.82, 2.24) is 15.1 Å². The first-order chi connectivity index (χ1) is 8.22. The predicted molar refractivity (Wildman–Crippen MR) is 71.3 cm³/mol. The number of rotatable bonds is 3. The monoisotopic (exact) mass is 235 g/mol. The Morgan fingerprint density at radius 2 is 2.06 bits per heavy atom. The van der Waals surface area contributed by atoms with E-state index in [-0.39, 0.29) is 0 Å². The van der Waals surface area contributed by atoms with Gasteiger partial charge in [-0.15, -0.1) is 0 Å². The first-order valence-electron chi connectivity index (χ1n) is 6.98. The zero-order chi connectivity index (χ0) is 12.3. The summed E-state index contributed by atoms with van der Waals surface area (Å²) < 4.78 is 2.26. The fourth-order valence-corrected chi connectivity index (χ4v) is 3.06. The lowest BCUT2D eigenvalue weighted by Crippen LogP contribution is -2.37. The lowest BCUT2D eigenvalue weighted by atomic mass is 10.0. The number of nitrogens with one attached hydrogen (secondary N) is 1. The number of aromatic nitrogens is 2. The summed E-state index contributed by atoms with van der Waals surface area (Å²) in [5.41, 5.74) is 2.44. The van der Waals surface area contributed by atoms with E-state index in [2.05, 4.69) is 41.9 Å². The maximum atomic E-state index is 4.68. The highest BCUT2D eigenvalue weighted by Crippen LogP contribution is 2.28. The van der Waals surface area contributed by atoms with Crippen molar-refractivity contribution >= 4 is 0 Å². The summed E-state index contributed by atoms with van der Waals surface area (Å²) in [5.74, 6) is 0. The number of likely N-dealkylation sites (N-methyl/N-ethyl adjacent to an activating group) is 1. The minimum Gasteiger partial charge on any atom is -0.312 e. The van der Waals surface area contributed by atoms with Crippen LogP contribution in [0.2, 0.25) is 0 Å². The molecule has 1 aliphatic rings. The summed E-state index contributed by atoms with van der Waals surface area (Å²) in [4.78, 5) is 0. The largest absolute Gasteiger partial charge is 0.312 e. The molecule has 1 heterocycles. The number of nitrogens with zero attached hydrogens (tertiary/aromatic N) is 2. The molecule has 3 heteroatoms. The molecule has 1 saturated carbocycles. The van der Waals surface area contributed by atoms with Crippen LogP contribution in [0.15, 0.2) is 6.07 Å². The van der Waals surface area contributed by atoms with Gasteiger partial charge < -0.3 is 5.32 Å². The minimum atomic E-state index is 0.547. The van der Waals surface area contributed by atoms with Crippen LogP contribution in [0.4, 0.5) is 0 Å². The molecule has 1 aromatic heterocycles. The third kappa shape index (κ3) is 2.89. The molecule has 2 rings (SSSR count). The summed E-state index contributed by atoms with van der Waals surface area (Å²) in [7, 11) is 0. The van der Waals surface area contributed by atoms with Crippen molar-refractivity contribution in [1.29, 1.82) is 0 Å². The van der Waals surface area contributed by atoms with Crippen molar-refractivity contribution in [2.24, 2.45) is 0 Å². The first-order valence-corrected chi connectivity index (χ1v) is 6.98. The van der Waals surface area contributed by atoms with Crippen LogP contribution in [-0.4, -0.2) is 22.4 Å². The van der Waals surface area contributed by atoms with Crippen LogP contribution in [0.25, 0.3) is 0 Å². The van der Waals surface area contributed by atoms with E-state index in [0.717, 1.165) is 12.2 Å². The van der Waals surface area contributed by atoms with Gasteiger partial charge in [0.25, 0.3) is 0 Å². The molecule has 0 aliphatic heterocycles. The van der Waals surface area contributed by atoms with E-state index in [0.29, 0.717) is 12.1 Å². The molecule has 1 N–H and O–H groups in total. The summed E-state index contributed by atoms with van der Waals surface area (Å²) in [6.07, 6.45) is 6.62. The van der Waals surface area contributed by atoms with Crippen LogP contribution < -0.4 is 5.32 Å². The normalized spacial score (nSPS) is 25.8. The van der Waals surface area contributed by atoms with Gasteiger partial charge in [-0.25, -0.2) is 0 Å². The van der Waals surface area contributed by atoms with Crippen molar-refractivity contribution < 1.29 is 0 Å². The average molecular weight is 235 g/mol. The Hall–Kier alpha value is -0.830. The Morgan fingerprint density at radius 1 is 1.29 bits per heavy atom. The van der Waals surface area contributed by atoms with Gasteiger partial charge in [-0.05, 0) is 39.3 Å². The average Bonchev–Trinajstić information content (AvgIpc) is 2.52. The fraction of sp³-hybridized carbons (Fsp3) is 0.786. The van der Waals surface area contributed by atoms with E-state index in [9.17, 15) is 0 Å². The van der Waals surface area contributed by atoms with Crippen molar-refractivity contribution in [3.05, 3.63) is 17.5 Å². The Morgan fingerprint density at radius 3 is 2.71 bits per heavy atom. The van der Waals surface area contributed by atoms with Crippen LogP contribution in [0.5, 0.6) is 0 Å². The van der Waals surface area contributed by atoms with Crippen LogP contribution in [0, 0.1) is 13.8 Å². The van der Waals surface area contributed by atoms with Gasteiger partial charge >= 0.3 is 0 Å². The lowest BCUT2D eigenvalue weighted by molar-refractivity contribution is 0.308. The molecular weight excluding hydrogens is 210 g/mol. The maximum absolute atomic E-state index is 4.68. The quantitative estimate of drug-likeness (QED) is 0.816. The van der Waals surface area contributed by atoms with Crippen LogP contribution in [-0.2, 0) is 0 Å². The van der Waals surface area contributed by atoms with Crippen molar-refractivity contribution in [2.45, 2.75) is 65.0 Å². The fourth-order valence-electron chi connectivity index (χ4n) is 3.06. The smallest absolute Gasteiger partial charge is 0.0675 e. The van der Waals surface area contributed by atoms with Crippen LogP contribution in [0.1, 0.15) is 56.5 Å². The standard InChI is InChI=1S/C14H25N3/c1-4-15-13-8-6-5-7-9-14(13)17-12(3)10-11(2)16-17/h10,13-15H,4-9H2,1-3H3. The van der Waals surface area contributed by atoms with Gasteiger partial charge in [0.15, 0.2) is 0 Å². The molecular formula is C14H25N3. The summed E-state index contributed by atoms with van der Waals surface area (Å²) in [6.45, 7) is 7.51. The summed E-state index contributed by atoms with van der Waals surface area (Å²) in [6, 6.07) is 3.33. The predicted octanol–water partition coefficient (Wildman–Crippen LogP) is 2.98. The number of hydrogen-bond acceptors (Lipinski definition) is 2. The second-order valence-electron chi connectivity index (χ2n) is 5.24. The zero-order valence-corrected chi connectivity index (χ0v) is 11.4. The number of aryl methyl sites for hydroxylation is 2. The van der Waals surface area contributed by atoms with Gasteiger partial charge in [0, 0.05) is 11.7 Å². The molecule has 17 heavy (non-hydrogen) atoms. The minimum absolute atomic E-state index is 0.547. The molecule has 3 nitrogen and oxygen atoms in total. The summed E-state index contributed by atoms with van der Waals surface area (Å²) in [5, 5.41) is 8.33. The molecule has 0 spiro atoms. The third-order valence-corrected chi connectivity index (χ3v) is 3.80. The lowest BCUT2D eigenvalue weighted by Gasteiger charge is -2.27. The molecule has 0 saturated heterocycles. The SMILES string of the molecule is CCNC1CCCCCC1n1nc(C)cc1C. The highest BCUT2D eigenvalue weighted by atomic mass is 15.3. The molecule has 1 fully saturated rings. The van der Waals surface area contributed by atoms with Gasteiger partial charge in [-0.2, -0.15) is 5.10 Å². The molecule has 0 amide bonds. The van der Waals surface area contributed by atoms with E-state index < -0.39 is 0 Å². The van der Waals surface area contributed by atoms with Gasteiger partial charge in [-0.1, -0.05) is 26.2 Å². The first kappa shape index (κ1) is 12.6. The molecule has 96 valence electrons. The van der Waals surface area contributed by atoms with Crippen molar-refractivity contribution in [3.8, 4) is 0 Å². The van der Waals surface area contributed by atoms with E-state index in [1.165, 1.54) is 37.8 Å². The summed E-state index contributed by atoms with van der Waals surface area (Å²) >= 11 is 0. The number of hydrogen-bond donors (Lipinski definition) is 1. The maximum Gasteiger partial charge on any atom is 0.0675 e. The Kier molecular flexibility index (Phi) is 4.21. The van der Waals surface area contributed by atoms with E-state index in [4.69, 9.17) is 0 Å². The Bertz CT molecular complexity index is 356.